The van der Waals surface area contributed by atoms with Gasteiger partial charge in [-0.1, -0.05) is 5.16 Å². The van der Waals surface area contributed by atoms with Crippen LogP contribution in [0.25, 0.3) is 0 Å². The van der Waals surface area contributed by atoms with Gasteiger partial charge in [-0.3, -0.25) is 4.79 Å². The van der Waals surface area contributed by atoms with Crippen molar-refractivity contribution in [1.82, 2.24) is 5.16 Å². The molecule has 0 aliphatic carbocycles. The maximum absolute atomic E-state index is 13.7. The van der Waals surface area contributed by atoms with Crippen molar-refractivity contribution in [2.45, 2.75) is 20.5 Å². The zero-order valence-corrected chi connectivity index (χ0v) is 15.5. The first-order valence-electron chi connectivity index (χ1n) is 8.38. The van der Waals surface area contributed by atoms with Crippen LogP contribution in [0.5, 0.6) is 11.5 Å². The highest BCUT2D eigenvalue weighted by atomic mass is 19.1. The Kier molecular flexibility index (Phi) is 5.58. The largest absolute Gasteiger partial charge is 0.493 e. The van der Waals surface area contributed by atoms with E-state index in [9.17, 15) is 13.6 Å². The SMILES string of the molecule is COc1cc(C(=O)Nc2cc(F)ccc2F)ccc1OCc1c(C)noc1C. The first-order chi connectivity index (χ1) is 13.4. The molecule has 0 fully saturated rings. The van der Waals surface area contributed by atoms with Gasteiger partial charge in [0.25, 0.3) is 5.91 Å². The molecule has 0 saturated carbocycles. The lowest BCUT2D eigenvalue weighted by Crippen LogP contribution is -2.13. The summed E-state index contributed by atoms with van der Waals surface area (Å²) >= 11 is 0. The molecular formula is C20H18F2N2O4. The van der Waals surface area contributed by atoms with E-state index in [-0.39, 0.29) is 17.9 Å². The minimum atomic E-state index is -0.735. The summed E-state index contributed by atoms with van der Waals surface area (Å²) in [6, 6.07) is 7.34. The van der Waals surface area contributed by atoms with Crippen LogP contribution in [-0.4, -0.2) is 18.2 Å². The number of aryl methyl sites for hydroxylation is 2. The van der Waals surface area contributed by atoms with E-state index in [0.29, 0.717) is 17.3 Å². The van der Waals surface area contributed by atoms with Crippen molar-refractivity contribution in [2.24, 2.45) is 0 Å². The highest BCUT2D eigenvalue weighted by Gasteiger charge is 2.15. The number of amides is 1. The van der Waals surface area contributed by atoms with Crippen LogP contribution in [-0.2, 0) is 6.61 Å². The number of anilines is 1. The smallest absolute Gasteiger partial charge is 0.255 e. The summed E-state index contributed by atoms with van der Waals surface area (Å²) in [4.78, 5) is 12.4. The lowest BCUT2D eigenvalue weighted by Gasteiger charge is -2.12. The first-order valence-corrected chi connectivity index (χ1v) is 8.38. The molecule has 0 aliphatic rings. The lowest BCUT2D eigenvalue weighted by atomic mass is 10.1. The van der Waals surface area contributed by atoms with Crippen LogP contribution in [0.3, 0.4) is 0 Å². The van der Waals surface area contributed by atoms with Gasteiger partial charge in [-0.2, -0.15) is 0 Å². The molecule has 1 amide bonds. The Morgan fingerprint density at radius 2 is 1.93 bits per heavy atom. The third kappa shape index (κ3) is 4.11. The molecule has 6 nitrogen and oxygen atoms in total. The summed E-state index contributed by atoms with van der Waals surface area (Å²) in [5.74, 6) is -0.613. The van der Waals surface area contributed by atoms with Crippen LogP contribution >= 0.6 is 0 Å². The minimum absolute atomic E-state index is 0.199. The van der Waals surface area contributed by atoms with Gasteiger partial charge < -0.3 is 19.3 Å². The third-order valence-electron chi connectivity index (χ3n) is 4.16. The summed E-state index contributed by atoms with van der Waals surface area (Å²) in [7, 11) is 1.44. The Hall–Kier alpha value is -3.42. The standard InChI is InChI=1S/C20H18F2N2O4/c1-11-15(12(2)28-24-11)10-27-18-7-4-13(8-19(18)26-3)20(25)23-17-9-14(21)5-6-16(17)22/h4-9H,10H2,1-3H3,(H,23,25). The van der Waals surface area contributed by atoms with Gasteiger partial charge in [-0.25, -0.2) is 8.78 Å². The van der Waals surface area contributed by atoms with E-state index >= 15 is 0 Å². The van der Waals surface area contributed by atoms with Crippen LogP contribution in [0.4, 0.5) is 14.5 Å². The monoisotopic (exact) mass is 388 g/mol. The van der Waals surface area contributed by atoms with Crippen LogP contribution in [0.15, 0.2) is 40.9 Å². The molecule has 0 bridgehead atoms. The van der Waals surface area contributed by atoms with Crippen molar-refractivity contribution >= 4 is 11.6 Å². The van der Waals surface area contributed by atoms with Crippen molar-refractivity contribution in [3.63, 3.8) is 0 Å². The number of hydrogen-bond acceptors (Lipinski definition) is 5. The average molecular weight is 388 g/mol. The first kappa shape index (κ1) is 19.3. The normalized spacial score (nSPS) is 10.6. The number of halogens is 2. The van der Waals surface area contributed by atoms with Crippen molar-refractivity contribution in [3.8, 4) is 11.5 Å². The van der Waals surface area contributed by atoms with E-state index in [0.717, 1.165) is 29.5 Å². The molecule has 1 heterocycles. The highest BCUT2D eigenvalue weighted by Crippen LogP contribution is 2.30. The van der Waals surface area contributed by atoms with Gasteiger partial charge in [0.15, 0.2) is 11.5 Å². The molecule has 0 radical (unpaired) electrons. The zero-order chi connectivity index (χ0) is 20.3. The molecule has 0 aliphatic heterocycles. The molecule has 2 aromatic carbocycles. The summed E-state index contributed by atoms with van der Waals surface area (Å²) in [5.41, 5.74) is 1.50. The molecule has 28 heavy (non-hydrogen) atoms. The third-order valence-corrected chi connectivity index (χ3v) is 4.16. The Morgan fingerprint density at radius 3 is 2.61 bits per heavy atom. The maximum Gasteiger partial charge on any atom is 0.255 e. The zero-order valence-electron chi connectivity index (χ0n) is 15.5. The quantitative estimate of drug-likeness (QED) is 0.677. The molecule has 0 atom stereocenters. The number of benzene rings is 2. The Balaban J connectivity index is 1.76. The van der Waals surface area contributed by atoms with Gasteiger partial charge in [0.05, 0.1) is 24.1 Å². The summed E-state index contributed by atoms with van der Waals surface area (Å²) in [5, 5.41) is 6.20. The fourth-order valence-electron chi connectivity index (χ4n) is 2.57. The Morgan fingerprint density at radius 1 is 1.14 bits per heavy atom. The van der Waals surface area contributed by atoms with E-state index in [1.54, 1.807) is 13.0 Å². The fraction of sp³-hybridized carbons (Fsp3) is 0.200. The van der Waals surface area contributed by atoms with Crippen molar-refractivity contribution < 1.29 is 27.6 Å². The molecule has 8 heteroatoms. The van der Waals surface area contributed by atoms with Gasteiger partial charge in [-0.15, -0.1) is 0 Å². The second-order valence-corrected chi connectivity index (χ2v) is 6.04. The average Bonchev–Trinajstić information content (AvgIpc) is 3.00. The number of nitrogens with one attached hydrogen (secondary N) is 1. The Labute approximate surface area is 160 Å². The molecule has 1 N–H and O–H groups in total. The topological polar surface area (TPSA) is 73.6 Å². The number of rotatable bonds is 6. The van der Waals surface area contributed by atoms with Gasteiger partial charge >= 0.3 is 0 Å². The second kappa shape index (κ2) is 8.08. The van der Waals surface area contributed by atoms with Crippen LogP contribution < -0.4 is 14.8 Å². The second-order valence-electron chi connectivity index (χ2n) is 6.04. The van der Waals surface area contributed by atoms with Crippen LogP contribution in [0, 0.1) is 25.5 Å². The number of nitrogens with zero attached hydrogens (tertiary/aromatic N) is 1. The predicted molar refractivity (Wildman–Crippen MR) is 97.6 cm³/mol. The Bertz CT molecular complexity index is 998. The van der Waals surface area contributed by atoms with E-state index in [4.69, 9.17) is 14.0 Å². The van der Waals surface area contributed by atoms with Gasteiger partial charge in [0.2, 0.25) is 0 Å². The summed E-state index contributed by atoms with van der Waals surface area (Å²) in [6.07, 6.45) is 0. The van der Waals surface area contributed by atoms with Crippen LogP contribution in [0.1, 0.15) is 27.4 Å². The van der Waals surface area contributed by atoms with Crippen molar-refractivity contribution in [3.05, 3.63) is 70.6 Å². The molecular weight excluding hydrogens is 370 g/mol. The fourth-order valence-corrected chi connectivity index (χ4v) is 2.57. The number of hydrogen-bond donors (Lipinski definition) is 1. The molecule has 1 aromatic heterocycles. The number of methoxy groups -OCH3 is 1. The number of ether oxygens (including phenoxy) is 2. The molecule has 3 aromatic rings. The maximum atomic E-state index is 13.7. The van der Waals surface area contributed by atoms with Crippen molar-refractivity contribution in [1.29, 1.82) is 0 Å². The number of carbonyl (C=O) groups is 1. The van der Waals surface area contributed by atoms with Crippen molar-refractivity contribution in [2.75, 3.05) is 12.4 Å². The van der Waals surface area contributed by atoms with E-state index in [2.05, 4.69) is 10.5 Å². The van der Waals surface area contributed by atoms with Gasteiger partial charge in [-0.05, 0) is 44.2 Å². The van der Waals surface area contributed by atoms with Gasteiger partial charge in [0, 0.05) is 11.6 Å². The molecule has 0 saturated heterocycles. The molecule has 0 spiro atoms. The predicted octanol–water partition coefficient (Wildman–Crippen LogP) is 4.41. The van der Waals surface area contributed by atoms with E-state index in [1.807, 2.05) is 6.92 Å². The van der Waals surface area contributed by atoms with E-state index in [1.165, 1.54) is 19.2 Å². The highest BCUT2D eigenvalue weighted by molar-refractivity contribution is 6.04. The molecule has 146 valence electrons. The summed E-state index contributed by atoms with van der Waals surface area (Å²) < 4.78 is 43.1. The summed E-state index contributed by atoms with van der Waals surface area (Å²) in [6.45, 7) is 3.82. The van der Waals surface area contributed by atoms with Crippen LogP contribution in [0.2, 0.25) is 0 Å². The molecule has 0 unspecified atom stereocenters. The van der Waals surface area contributed by atoms with Gasteiger partial charge in [0.1, 0.15) is 24.0 Å². The lowest BCUT2D eigenvalue weighted by molar-refractivity contribution is 0.102. The minimum Gasteiger partial charge on any atom is -0.493 e. The molecule has 3 rings (SSSR count). The number of aromatic nitrogens is 1. The van der Waals surface area contributed by atoms with E-state index < -0.39 is 17.5 Å². The number of carbonyl (C=O) groups excluding carboxylic acids is 1.